The fourth-order valence-corrected chi connectivity index (χ4v) is 3.51. The van der Waals surface area contributed by atoms with Gasteiger partial charge in [0, 0.05) is 17.3 Å². The number of carbonyl (C=O) groups excluding carboxylic acids is 1. The number of benzene rings is 2. The summed E-state index contributed by atoms with van der Waals surface area (Å²) < 4.78 is 32.0. The standard InChI is InChI=1S/C18H21ClN2O4S/c1-3-10-20-26(23,24)16-7-5-15(6-8-16)21-18(22)12-25-17-9-4-14(19)11-13(17)2/h4-9,11,20H,3,10,12H2,1-2H3,(H,21,22). The van der Waals surface area contributed by atoms with Gasteiger partial charge >= 0.3 is 0 Å². The van der Waals surface area contributed by atoms with Gasteiger partial charge in [-0.05, 0) is 61.4 Å². The van der Waals surface area contributed by atoms with Crippen LogP contribution in [0.15, 0.2) is 47.4 Å². The summed E-state index contributed by atoms with van der Waals surface area (Å²) in [6.07, 6.45) is 0.709. The first-order valence-electron chi connectivity index (χ1n) is 8.10. The van der Waals surface area contributed by atoms with Crippen LogP contribution < -0.4 is 14.8 Å². The van der Waals surface area contributed by atoms with E-state index in [9.17, 15) is 13.2 Å². The molecule has 2 aromatic rings. The number of sulfonamides is 1. The Balaban J connectivity index is 1.93. The average molecular weight is 397 g/mol. The number of halogens is 1. The van der Waals surface area contributed by atoms with Gasteiger partial charge in [-0.15, -0.1) is 0 Å². The lowest BCUT2D eigenvalue weighted by Crippen LogP contribution is -2.24. The van der Waals surface area contributed by atoms with Crippen LogP contribution in [0.3, 0.4) is 0 Å². The molecule has 2 aromatic carbocycles. The molecule has 140 valence electrons. The van der Waals surface area contributed by atoms with Gasteiger partial charge in [0.1, 0.15) is 5.75 Å². The molecule has 26 heavy (non-hydrogen) atoms. The van der Waals surface area contributed by atoms with E-state index in [1.54, 1.807) is 18.2 Å². The number of rotatable bonds is 8. The van der Waals surface area contributed by atoms with Crippen molar-refractivity contribution in [1.29, 1.82) is 0 Å². The van der Waals surface area contributed by atoms with E-state index < -0.39 is 10.0 Å². The van der Waals surface area contributed by atoms with E-state index in [1.165, 1.54) is 24.3 Å². The van der Waals surface area contributed by atoms with Crippen LogP contribution in [0.25, 0.3) is 0 Å². The summed E-state index contributed by atoms with van der Waals surface area (Å²) >= 11 is 5.88. The third-order valence-corrected chi connectivity index (χ3v) is 5.20. The van der Waals surface area contributed by atoms with Gasteiger partial charge in [-0.25, -0.2) is 13.1 Å². The van der Waals surface area contributed by atoms with E-state index in [-0.39, 0.29) is 17.4 Å². The molecule has 0 unspecified atom stereocenters. The van der Waals surface area contributed by atoms with Crippen LogP contribution in [0, 0.1) is 6.92 Å². The molecule has 0 radical (unpaired) electrons. The molecule has 0 aromatic heterocycles. The Labute approximate surface area is 158 Å². The normalized spacial score (nSPS) is 11.2. The van der Waals surface area contributed by atoms with Crippen LogP contribution in [-0.4, -0.2) is 27.5 Å². The first-order chi connectivity index (χ1) is 12.3. The summed E-state index contributed by atoms with van der Waals surface area (Å²) in [5.41, 5.74) is 1.32. The Morgan fingerprint density at radius 3 is 2.46 bits per heavy atom. The highest BCUT2D eigenvalue weighted by molar-refractivity contribution is 7.89. The number of anilines is 1. The van der Waals surface area contributed by atoms with Gasteiger partial charge in [0.2, 0.25) is 10.0 Å². The number of nitrogens with one attached hydrogen (secondary N) is 2. The zero-order valence-corrected chi connectivity index (χ0v) is 16.2. The van der Waals surface area contributed by atoms with E-state index in [1.807, 2.05) is 13.8 Å². The van der Waals surface area contributed by atoms with Crippen molar-refractivity contribution in [3.8, 4) is 5.75 Å². The van der Waals surface area contributed by atoms with Crippen LogP contribution in [0.1, 0.15) is 18.9 Å². The lowest BCUT2D eigenvalue weighted by Gasteiger charge is -2.10. The molecule has 2 N–H and O–H groups in total. The molecular weight excluding hydrogens is 376 g/mol. The molecule has 2 rings (SSSR count). The molecule has 0 aliphatic heterocycles. The van der Waals surface area contributed by atoms with Crippen LogP contribution in [0.5, 0.6) is 5.75 Å². The van der Waals surface area contributed by atoms with Crippen molar-refractivity contribution < 1.29 is 17.9 Å². The van der Waals surface area contributed by atoms with Crippen molar-refractivity contribution in [2.24, 2.45) is 0 Å². The molecule has 0 spiro atoms. The third kappa shape index (κ3) is 5.72. The van der Waals surface area contributed by atoms with E-state index >= 15 is 0 Å². The molecule has 0 atom stereocenters. The molecular formula is C18H21ClN2O4S. The molecule has 0 heterocycles. The average Bonchev–Trinajstić information content (AvgIpc) is 2.60. The summed E-state index contributed by atoms with van der Waals surface area (Å²) in [6.45, 7) is 3.93. The molecule has 1 amide bonds. The molecule has 0 aliphatic rings. The highest BCUT2D eigenvalue weighted by atomic mass is 35.5. The molecule has 0 fully saturated rings. The quantitative estimate of drug-likeness (QED) is 0.716. The zero-order chi connectivity index (χ0) is 19.2. The van der Waals surface area contributed by atoms with Crippen LogP contribution in [0.2, 0.25) is 5.02 Å². The van der Waals surface area contributed by atoms with Gasteiger partial charge in [-0.2, -0.15) is 0 Å². The van der Waals surface area contributed by atoms with Gasteiger partial charge < -0.3 is 10.1 Å². The van der Waals surface area contributed by atoms with Crippen molar-refractivity contribution in [1.82, 2.24) is 4.72 Å². The third-order valence-electron chi connectivity index (χ3n) is 3.49. The largest absolute Gasteiger partial charge is 0.483 e. The lowest BCUT2D eigenvalue weighted by molar-refractivity contribution is -0.118. The summed E-state index contributed by atoms with van der Waals surface area (Å²) in [7, 11) is -3.52. The van der Waals surface area contributed by atoms with Gasteiger partial charge in [-0.1, -0.05) is 18.5 Å². The smallest absolute Gasteiger partial charge is 0.262 e. The minimum atomic E-state index is -3.52. The Morgan fingerprint density at radius 2 is 1.85 bits per heavy atom. The first-order valence-corrected chi connectivity index (χ1v) is 9.96. The van der Waals surface area contributed by atoms with Gasteiger partial charge in [0.25, 0.3) is 5.91 Å². The number of ether oxygens (including phenoxy) is 1. The maximum absolute atomic E-state index is 12.0. The Hall–Kier alpha value is -2.09. The SMILES string of the molecule is CCCNS(=O)(=O)c1ccc(NC(=O)COc2ccc(Cl)cc2C)cc1. The number of carbonyl (C=O) groups is 1. The zero-order valence-electron chi connectivity index (χ0n) is 14.6. The summed E-state index contributed by atoms with van der Waals surface area (Å²) in [6, 6.07) is 11.1. The molecule has 0 bridgehead atoms. The Bertz CT molecular complexity index is 867. The van der Waals surface area contributed by atoms with Crippen molar-refractivity contribution in [3.05, 3.63) is 53.1 Å². The maximum Gasteiger partial charge on any atom is 0.262 e. The Morgan fingerprint density at radius 1 is 1.15 bits per heavy atom. The van der Waals surface area contributed by atoms with Crippen molar-refractivity contribution in [3.63, 3.8) is 0 Å². The minimum Gasteiger partial charge on any atom is -0.483 e. The lowest BCUT2D eigenvalue weighted by atomic mass is 10.2. The number of aryl methyl sites for hydroxylation is 1. The molecule has 0 aliphatic carbocycles. The predicted molar refractivity (Wildman–Crippen MR) is 102 cm³/mol. The highest BCUT2D eigenvalue weighted by Crippen LogP contribution is 2.21. The second-order valence-electron chi connectivity index (χ2n) is 5.67. The van der Waals surface area contributed by atoms with E-state index in [4.69, 9.17) is 16.3 Å². The predicted octanol–water partition coefficient (Wildman–Crippen LogP) is 3.35. The molecule has 8 heteroatoms. The second-order valence-corrected chi connectivity index (χ2v) is 7.87. The topological polar surface area (TPSA) is 84.5 Å². The van der Waals surface area contributed by atoms with E-state index in [0.717, 1.165) is 5.56 Å². The number of amides is 1. The first kappa shape index (κ1) is 20.2. The fourth-order valence-electron chi connectivity index (χ4n) is 2.15. The molecule has 0 saturated heterocycles. The molecule has 0 saturated carbocycles. The van der Waals surface area contributed by atoms with Gasteiger partial charge in [-0.3, -0.25) is 4.79 Å². The van der Waals surface area contributed by atoms with Crippen LogP contribution in [0.4, 0.5) is 5.69 Å². The summed E-state index contributed by atoms with van der Waals surface area (Å²) in [5.74, 6) is 0.229. The van der Waals surface area contributed by atoms with E-state index in [0.29, 0.717) is 29.4 Å². The van der Waals surface area contributed by atoms with Crippen molar-refractivity contribution in [2.75, 3.05) is 18.5 Å². The van der Waals surface area contributed by atoms with Crippen molar-refractivity contribution >= 4 is 33.2 Å². The summed E-state index contributed by atoms with van der Waals surface area (Å²) in [4.78, 5) is 12.1. The van der Waals surface area contributed by atoms with Crippen LogP contribution >= 0.6 is 11.6 Å². The van der Waals surface area contributed by atoms with Crippen molar-refractivity contribution in [2.45, 2.75) is 25.2 Å². The van der Waals surface area contributed by atoms with Crippen LogP contribution in [-0.2, 0) is 14.8 Å². The minimum absolute atomic E-state index is 0.150. The van der Waals surface area contributed by atoms with E-state index in [2.05, 4.69) is 10.0 Å². The van der Waals surface area contributed by atoms with Gasteiger partial charge in [0.05, 0.1) is 4.90 Å². The molecule has 6 nitrogen and oxygen atoms in total. The highest BCUT2D eigenvalue weighted by Gasteiger charge is 2.13. The monoisotopic (exact) mass is 396 g/mol. The maximum atomic E-state index is 12.0. The van der Waals surface area contributed by atoms with Gasteiger partial charge in [0.15, 0.2) is 6.61 Å². The summed E-state index contributed by atoms with van der Waals surface area (Å²) in [5, 5.41) is 3.26. The number of hydrogen-bond donors (Lipinski definition) is 2. The number of hydrogen-bond acceptors (Lipinski definition) is 4. The Kier molecular flexibility index (Phi) is 7.02. The fraction of sp³-hybridized carbons (Fsp3) is 0.278. The second kappa shape index (κ2) is 9.02.